The summed E-state index contributed by atoms with van der Waals surface area (Å²) in [4.78, 5) is 0.0767. The first kappa shape index (κ1) is 16.2. The van der Waals surface area contributed by atoms with Crippen molar-refractivity contribution in [2.45, 2.75) is 24.2 Å². The van der Waals surface area contributed by atoms with E-state index in [1.54, 1.807) is 18.2 Å². The van der Waals surface area contributed by atoms with Gasteiger partial charge in [-0.2, -0.15) is 0 Å². The zero-order valence-corrected chi connectivity index (χ0v) is 14.4. The van der Waals surface area contributed by atoms with Crippen LogP contribution in [0.5, 0.6) is 11.5 Å². The molecule has 0 aromatic heterocycles. The van der Waals surface area contributed by atoms with E-state index in [2.05, 4.69) is 0 Å². The summed E-state index contributed by atoms with van der Waals surface area (Å²) in [6, 6.07) is 9.22. The number of halogens is 1. The molecule has 7 heteroatoms. The van der Waals surface area contributed by atoms with Gasteiger partial charge in [0.1, 0.15) is 5.82 Å². The summed E-state index contributed by atoms with van der Waals surface area (Å²) in [5.41, 5.74) is 0.866. The van der Waals surface area contributed by atoms with E-state index in [4.69, 9.17) is 9.47 Å². The average Bonchev–Trinajstić information content (AvgIpc) is 2.86. The van der Waals surface area contributed by atoms with Crippen molar-refractivity contribution in [1.82, 2.24) is 0 Å². The molecule has 25 heavy (non-hydrogen) atoms. The smallest absolute Gasteiger partial charge is 0.264 e. The minimum Gasteiger partial charge on any atom is -0.490 e. The van der Waals surface area contributed by atoms with E-state index in [9.17, 15) is 12.8 Å². The normalized spacial score (nSPS) is 16.9. The van der Waals surface area contributed by atoms with Crippen LogP contribution in [0.4, 0.5) is 10.1 Å². The Bertz CT molecular complexity index is 913. The third-order valence-corrected chi connectivity index (χ3v) is 6.23. The second kappa shape index (κ2) is 6.22. The molecule has 2 aliphatic heterocycles. The topological polar surface area (TPSA) is 55.8 Å². The fourth-order valence-electron chi connectivity index (χ4n) is 3.24. The number of fused-ring (bicyclic) bond motifs is 2. The number of aryl methyl sites for hydroxylation is 1. The Morgan fingerprint density at radius 3 is 2.64 bits per heavy atom. The predicted molar refractivity (Wildman–Crippen MR) is 91.3 cm³/mol. The van der Waals surface area contributed by atoms with Gasteiger partial charge in [0.25, 0.3) is 10.0 Å². The summed E-state index contributed by atoms with van der Waals surface area (Å²) in [5, 5.41) is 0. The number of anilines is 1. The van der Waals surface area contributed by atoms with Gasteiger partial charge in [0, 0.05) is 19.0 Å². The van der Waals surface area contributed by atoms with Crippen LogP contribution < -0.4 is 13.8 Å². The van der Waals surface area contributed by atoms with Gasteiger partial charge in [-0.3, -0.25) is 4.31 Å². The number of sulfonamides is 1. The fraction of sp³-hybridized carbons (Fsp3) is 0.333. The second-order valence-corrected chi connectivity index (χ2v) is 7.95. The molecule has 5 nitrogen and oxygen atoms in total. The molecule has 0 saturated heterocycles. The van der Waals surface area contributed by atoms with Crippen molar-refractivity contribution in [2.75, 3.05) is 24.1 Å². The molecule has 0 atom stereocenters. The van der Waals surface area contributed by atoms with Crippen LogP contribution in [-0.2, 0) is 16.4 Å². The average molecular weight is 363 g/mol. The number of nitrogens with zero attached hydrogens (tertiary/aromatic N) is 1. The third kappa shape index (κ3) is 2.82. The van der Waals surface area contributed by atoms with Crippen molar-refractivity contribution in [2.24, 2.45) is 0 Å². The highest BCUT2D eigenvalue weighted by molar-refractivity contribution is 7.92. The van der Waals surface area contributed by atoms with E-state index in [1.807, 2.05) is 0 Å². The van der Waals surface area contributed by atoms with E-state index in [0.717, 1.165) is 6.42 Å². The number of rotatable bonds is 2. The number of hydrogen-bond donors (Lipinski definition) is 0. The van der Waals surface area contributed by atoms with Gasteiger partial charge in [0.15, 0.2) is 11.5 Å². The van der Waals surface area contributed by atoms with Crippen molar-refractivity contribution in [3.63, 3.8) is 0 Å². The van der Waals surface area contributed by atoms with Gasteiger partial charge in [0.2, 0.25) is 0 Å². The highest BCUT2D eigenvalue weighted by Gasteiger charge is 2.32. The lowest BCUT2D eigenvalue weighted by molar-refractivity contribution is 0.297. The van der Waals surface area contributed by atoms with E-state index >= 15 is 0 Å². The van der Waals surface area contributed by atoms with Crippen LogP contribution in [0.1, 0.15) is 18.4 Å². The van der Waals surface area contributed by atoms with Crippen LogP contribution in [-0.4, -0.2) is 28.2 Å². The number of para-hydroxylation sites is 1. The van der Waals surface area contributed by atoms with Gasteiger partial charge < -0.3 is 9.47 Å². The summed E-state index contributed by atoms with van der Waals surface area (Å²) in [7, 11) is -3.89. The fourth-order valence-corrected chi connectivity index (χ4v) is 4.80. The molecule has 0 radical (unpaired) electrons. The third-order valence-electron chi connectivity index (χ3n) is 4.43. The molecule has 0 bridgehead atoms. The van der Waals surface area contributed by atoms with Gasteiger partial charge >= 0.3 is 0 Å². The molecule has 0 aliphatic carbocycles. The van der Waals surface area contributed by atoms with Crippen molar-refractivity contribution in [3.05, 3.63) is 47.8 Å². The first-order chi connectivity index (χ1) is 12.1. The summed E-state index contributed by atoms with van der Waals surface area (Å²) in [6.07, 6.45) is 2.06. The highest BCUT2D eigenvalue weighted by atomic mass is 32.2. The summed E-state index contributed by atoms with van der Waals surface area (Å²) < 4.78 is 52.9. The molecular weight excluding hydrogens is 345 g/mol. The zero-order valence-electron chi connectivity index (χ0n) is 13.6. The Morgan fingerprint density at radius 1 is 1.00 bits per heavy atom. The summed E-state index contributed by atoms with van der Waals surface area (Å²) in [5.74, 6) is 0.418. The van der Waals surface area contributed by atoms with Crippen molar-refractivity contribution in [3.8, 4) is 11.5 Å². The standard InChI is InChI=1S/C18H18FNO4S/c19-15-6-1-4-13-5-2-9-20(18(13)15)25(21,22)14-7-8-16-17(12-14)24-11-3-10-23-16/h1,4,6-8,12H,2-3,5,9-11H2. The lowest BCUT2D eigenvalue weighted by atomic mass is 10.0. The molecular formula is C18H18FNO4S. The van der Waals surface area contributed by atoms with E-state index in [-0.39, 0.29) is 17.1 Å². The molecule has 0 spiro atoms. The van der Waals surface area contributed by atoms with Crippen LogP contribution in [0.15, 0.2) is 41.3 Å². The van der Waals surface area contributed by atoms with Gasteiger partial charge in [-0.1, -0.05) is 12.1 Å². The van der Waals surface area contributed by atoms with Gasteiger partial charge in [-0.25, -0.2) is 12.8 Å². The molecule has 2 heterocycles. The quantitative estimate of drug-likeness (QED) is 0.823. The maximum absolute atomic E-state index is 14.3. The molecule has 2 aromatic rings. The molecule has 132 valence electrons. The molecule has 0 fully saturated rings. The van der Waals surface area contributed by atoms with Crippen LogP contribution in [0.25, 0.3) is 0 Å². The minimum atomic E-state index is -3.89. The maximum Gasteiger partial charge on any atom is 0.264 e. The lowest BCUT2D eigenvalue weighted by Crippen LogP contribution is -2.36. The Balaban J connectivity index is 1.78. The maximum atomic E-state index is 14.3. The summed E-state index contributed by atoms with van der Waals surface area (Å²) >= 11 is 0. The SMILES string of the molecule is O=S(=O)(c1ccc2c(c1)OCCCO2)N1CCCc2cccc(F)c21. The van der Waals surface area contributed by atoms with Gasteiger partial charge in [0.05, 0.1) is 23.8 Å². The molecule has 0 amide bonds. The van der Waals surface area contributed by atoms with Crippen molar-refractivity contribution < 1.29 is 22.3 Å². The second-order valence-electron chi connectivity index (χ2n) is 6.09. The number of hydrogen-bond acceptors (Lipinski definition) is 4. The highest BCUT2D eigenvalue weighted by Crippen LogP contribution is 2.37. The monoisotopic (exact) mass is 363 g/mol. The first-order valence-corrected chi connectivity index (χ1v) is 9.71. The Morgan fingerprint density at radius 2 is 1.80 bits per heavy atom. The van der Waals surface area contributed by atoms with Crippen molar-refractivity contribution in [1.29, 1.82) is 0 Å². The first-order valence-electron chi connectivity index (χ1n) is 8.27. The predicted octanol–water partition coefficient (Wildman–Crippen LogP) is 3.13. The molecule has 2 aromatic carbocycles. The minimum absolute atomic E-state index is 0.0767. The molecule has 4 rings (SSSR count). The Kier molecular flexibility index (Phi) is 4.03. The van der Waals surface area contributed by atoms with E-state index < -0.39 is 15.8 Å². The molecule has 0 N–H and O–H groups in total. The lowest BCUT2D eigenvalue weighted by Gasteiger charge is -2.30. The van der Waals surface area contributed by atoms with Crippen LogP contribution in [0.2, 0.25) is 0 Å². The van der Waals surface area contributed by atoms with Gasteiger partial charge in [-0.05, 0) is 36.6 Å². The van der Waals surface area contributed by atoms with E-state index in [1.165, 1.54) is 22.5 Å². The molecule has 0 unspecified atom stereocenters. The largest absolute Gasteiger partial charge is 0.490 e. The van der Waals surface area contributed by atoms with Crippen molar-refractivity contribution >= 4 is 15.7 Å². The Hall–Kier alpha value is -2.28. The molecule has 2 aliphatic rings. The zero-order chi connectivity index (χ0) is 17.4. The summed E-state index contributed by atoms with van der Waals surface area (Å²) in [6.45, 7) is 1.26. The van der Waals surface area contributed by atoms with Crippen LogP contribution in [0.3, 0.4) is 0 Å². The number of ether oxygens (including phenoxy) is 2. The van der Waals surface area contributed by atoms with Crippen LogP contribution in [0, 0.1) is 5.82 Å². The van der Waals surface area contributed by atoms with Gasteiger partial charge in [-0.15, -0.1) is 0 Å². The van der Waals surface area contributed by atoms with Crippen LogP contribution >= 0.6 is 0 Å². The number of benzene rings is 2. The Labute approximate surface area is 146 Å². The van der Waals surface area contributed by atoms with E-state index in [0.29, 0.717) is 43.1 Å². The molecule has 0 saturated carbocycles.